The van der Waals surface area contributed by atoms with E-state index in [0.717, 1.165) is 36.1 Å². The molecule has 24 heavy (non-hydrogen) atoms. The van der Waals surface area contributed by atoms with Gasteiger partial charge in [0.1, 0.15) is 0 Å². The number of hydrogen-bond donors (Lipinski definition) is 1. The van der Waals surface area contributed by atoms with Gasteiger partial charge in [-0.15, -0.1) is 0 Å². The molecule has 4 rings (SSSR count). The average Bonchev–Trinajstić information content (AvgIpc) is 3.13. The number of aromatic nitrogens is 1. The van der Waals surface area contributed by atoms with Crippen LogP contribution in [-0.2, 0) is 0 Å². The summed E-state index contributed by atoms with van der Waals surface area (Å²) in [6.07, 6.45) is 2.74. The Morgan fingerprint density at radius 2 is 1.83 bits per heavy atom. The quantitative estimate of drug-likeness (QED) is 0.767. The van der Waals surface area contributed by atoms with Crippen molar-refractivity contribution in [1.82, 2.24) is 9.88 Å². The van der Waals surface area contributed by atoms with E-state index in [-0.39, 0.29) is 6.03 Å². The maximum absolute atomic E-state index is 12.6. The van der Waals surface area contributed by atoms with E-state index in [0.29, 0.717) is 5.92 Å². The standard InChI is InChI=1S/C20H19N3O/c24-20(22-19-10-12-21-18-9-5-4-8-17(18)19)23-13-11-16(14-23)15-6-2-1-3-7-15/h1-10,12,16H,11,13-14H2,(H,21,22,24). The minimum Gasteiger partial charge on any atom is -0.324 e. The molecule has 1 aromatic heterocycles. The lowest BCUT2D eigenvalue weighted by Gasteiger charge is -2.18. The van der Waals surface area contributed by atoms with Crippen molar-refractivity contribution in [3.63, 3.8) is 0 Å². The minimum absolute atomic E-state index is 0.0372. The molecule has 0 radical (unpaired) electrons. The van der Waals surface area contributed by atoms with Crippen LogP contribution in [0.5, 0.6) is 0 Å². The van der Waals surface area contributed by atoms with Gasteiger partial charge < -0.3 is 10.2 Å². The Morgan fingerprint density at radius 3 is 2.71 bits per heavy atom. The molecule has 0 aliphatic carbocycles. The lowest BCUT2D eigenvalue weighted by molar-refractivity contribution is 0.222. The van der Waals surface area contributed by atoms with Crippen LogP contribution in [0.4, 0.5) is 10.5 Å². The van der Waals surface area contributed by atoms with E-state index in [9.17, 15) is 4.79 Å². The summed E-state index contributed by atoms with van der Waals surface area (Å²) in [5.41, 5.74) is 3.01. The fraction of sp³-hybridized carbons (Fsp3) is 0.200. The summed E-state index contributed by atoms with van der Waals surface area (Å²) >= 11 is 0. The molecule has 0 spiro atoms. The van der Waals surface area contributed by atoms with E-state index in [1.807, 2.05) is 41.3 Å². The highest BCUT2D eigenvalue weighted by atomic mass is 16.2. The summed E-state index contributed by atoms with van der Waals surface area (Å²) in [6, 6.07) is 20.1. The topological polar surface area (TPSA) is 45.2 Å². The first-order valence-corrected chi connectivity index (χ1v) is 8.26. The van der Waals surface area contributed by atoms with Gasteiger partial charge in [0.2, 0.25) is 0 Å². The molecule has 4 nitrogen and oxygen atoms in total. The molecule has 1 aliphatic heterocycles. The number of nitrogens with zero attached hydrogens (tertiary/aromatic N) is 2. The van der Waals surface area contributed by atoms with Gasteiger partial charge >= 0.3 is 6.03 Å². The van der Waals surface area contributed by atoms with E-state index >= 15 is 0 Å². The number of carbonyl (C=O) groups excluding carboxylic acids is 1. The lowest BCUT2D eigenvalue weighted by Crippen LogP contribution is -2.32. The van der Waals surface area contributed by atoms with Crippen molar-refractivity contribution in [2.75, 3.05) is 18.4 Å². The van der Waals surface area contributed by atoms with Crippen LogP contribution < -0.4 is 5.32 Å². The SMILES string of the molecule is O=C(Nc1ccnc2ccccc12)N1CCC(c2ccccc2)C1. The Hall–Kier alpha value is -2.88. The average molecular weight is 317 g/mol. The molecule has 1 fully saturated rings. The number of amides is 2. The number of carbonyl (C=O) groups is 1. The molecule has 1 saturated heterocycles. The maximum Gasteiger partial charge on any atom is 0.321 e. The number of urea groups is 1. The molecule has 1 aliphatic rings. The summed E-state index contributed by atoms with van der Waals surface area (Å²) in [6.45, 7) is 1.55. The van der Waals surface area contributed by atoms with Crippen LogP contribution in [0.1, 0.15) is 17.9 Å². The zero-order chi connectivity index (χ0) is 16.4. The number of nitrogens with one attached hydrogen (secondary N) is 1. The van der Waals surface area contributed by atoms with Crippen LogP contribution in [0.25, 0.3) is 10.9 Å². The zero-order valence-electron chi connectivity index (χ0n) is 13.4. The minimum atomic E-state index is -0.0372. The smallest absolute Gasteiger partial charge is 0.321 e. The number of likely N-dealkylation sites (tertiary alicyclic amines) is 1. The Bertz CT molecular complexity index is 858. The van der Waals surface area contributed by atoms with Gasteiger partial charge in [0.15, 0.2) is 0 Å². The Morgan fingerprint density at radius 1 is 1.04 bits per heavy atom. The van der Waals surface area contributed by atoms with Gasteiger partial charge in [-0.25, -0.2) is 4.79 Å². The van der Waals surface area contributed by atoms with Gasteiger partial charge in [0.25, 0.3) is 0 Å². The number of rotatable bonds is 2. The molecule has 2 amide bonds. The van der Waals surface area contributed by atoms with Crippen LogP contribution in [0, 0.1) is 0 Å². The molecule has 1 unspecified atom stereocenters. The van der Waals surface area contributed by atoms with Crippen LogP contribution in [-0.4, -0.2) is 29.0 Å². The van der Waals surface area contributed by atoms with Gasteiger partial charge in [-0.3, -0.25) is 4.98 Å². The van der Waals surface area contributed by atoms with E-state index < -0.39 is 0 Å². The number of para-hydroxylation sites is 1. The third-order valence-electron chi connectivity index (χ3n) is 4.64. The summed E-state index contributed by atoms with van der Waals surface area (Å²) in [7, 11) is 0. The summed E-state index contributed by atoms with van der Waals surface area (Å²) < 4.78 is 0. The van der Waals surface area contributed by atoms with Crippen molar-refractivity contribution < 1.29 is 4.79 Å². The van der Waals surface area contributed by atoms with E-state index in [1.165, 1.54) is 5.56 Å². The number of pyridine rings is 1. The van der Waals surface area contributed by atoms with Crippen LogP contribution >= 0.6 is 0 Å². The normalized spacial score (nSPS) is 17.2. The van der Waals surface area contributed by atoms with E-state index in [4.69, 9.17) is 0 Å². The highest BCUT2D eigenvalue weighted by Crippen LogP contribution is 2.28. The summed E-state index contributed by atoms with van der Waals surface area (Å²) in [4.78, 5) is 18.9. The second-order valence-corrected chi connectivity index (χ2v) is 6.15. The number of hydrogen-bond acceptors (Lipinski definition) is 2. The number of anilines is 1. The molecule has 120 valence electrons. The van der Waals surface area contributed by atoms with Crippen LogP contribution in [0.15, 0.2) is 66.9 Å². The highest BCUT2D eigenvalue weighted by molar-refractivity contribution is 6.00. The molecule has 2 aromatic carbocycles. The Labute approximate surface area is 141 Å². The summed E-state index contributed by atoms with van der Waals surface area (Å²) in [5, 5.41) is 4.01. The predicted octanol–water partition coefficient (Wildman–Crippen LogP) is 4.26. The molecule has 0 saturated carbocycles. The largest absolute Gasteiger partial charge is 0.324 e. The molecule has 4 heteroatoms. The first-order chi connectivity index (χ1) is 11.8. The number of fused-ring (bicyclic) bond motifs is 1. The van der Waals surface area contributed by atoms with Gasteiger partial charge in [0.05, 0.1) is 11.2 Å². The Balaban J connectivity index is 1.49. The van der Waals surface area contributed by atoms with Crippen LogP contribution in [0.2, 0.25) is 0 Å². The molecule has 1 atom stereocenters. The van der Waals surface area contributed by atoms with Gasteiger partial charge in [0, 0.05) is 30.6 Å². The molecular weight excluding hydrogens is 298 g/mol. The third kappa shape index (κ3) is 2.83. The van der Waals surface area contributed by atoms with Crippen molar-refractivity contribution in [2.45, 2.75) is 12.3 Å². The van der Waals surface area contributed by atoms with E-state index in [2.05, 4.69) is 34.6 Å². The second-order valence-electron chi connectivity index (χ2n) is 6.15. The van der Waals surface area contributed by atoms with Crippen molar-refractivity contribution in [3.8, 4) is 0 Å². The van der Waals surface area contributed by atoms with Crippen molar-refractivity contribution >= 4 is 22.6 Å². The molecule has 0 bridgehead atoms. The van der Waals surface area contributed by atoms with Gasteiger partial charge in [-0.1, -0.05) is 48.5 Å². The van der Waals surface area contributed by atoms with Crippen molar-refractivity contribution in [3.05, 3.63) is 72.4 Å². The summed E-state index contributed by atoms with van der Waals surface area (Å²) in [5.74, 6) is 0.422. The zero-order valence-corrected chi connectivity index (χ0v) is 13.4. The van der Waals surface area contributed by atoms with Crippen molar-refractivity contribution in [2.24, 2.45) is 0 Å². The monoisotopic (exact) mass is 317 g/mol. The molecular formula is C20H19N3O. The number of benzene rings is 2. The predicted molar refractivity (Wildman–Crippen MR) is 96.1 cm³/mol. The fourth-order valence-corrected chi connectivity index (χ4v) is 3.34. The first-order valence-electron chi connectivity index (χ1n) is 8.26. The molecule has 1 N–H and O–H groups in total. The fourth-order valence-electron chi connectivity index (χ4n) is 3.34. The van der Waals surface area contributed by atoms with Gasteiger partial charge in [-0.2, -0.15) is 0 Å². The van der Waals surface area contributed by atoms with E-state index in [1.54, 1.807) is 6.20 Å². The second kappa shape index (κ2) is 6.32. The maximum atomic E-state index is 12.6. The van der Waals surface area contributed by atoms with Crippen LogP contribution in [0.3, 0.4) is 0 Å². The molecule has 2 heterocycles. The molecule has 3 aromatic rings. The van der Waals surface area contributed by atoms with Crippen molar-refractivity contribution in [1.29, 1.82) is 0 Å². The van der Waals surface area contributed by atoms with Gasteiger partial charge in [-0.05, 0) is 24.1 Å². The highest BCUT2D eigenvalue weighted by Gasteiger charge is 2.27. The lowest BCUT2D eigenvalue weighted by atomic mass is 9.99. The Kier molecular flexibility index (Phi) is 3.87. The first kappa shape index (κ1) is 14.7. The third-order valence-corrected chi connectivity index (χ3v) is 4.64.